The van der Waals surface area contributed by atoms with Crippen LogP contribution in [0.4, 0.5) is 5.82 Å². The van der Waals surface area contributed by atoms with Gasteiger partial charge in [0.05, 0.1) is 28.1 Å². The molecule has 0 unspecified atom stereocenters. The van der Waals surface area contributed by atoms with Gasteiger partial charge >= 0.3 is 0 Å². The molecule has 2 aromatic heterocycles. The topological polar surface area (TPSA) is 68.0 Å². The minimum Gasteiger partial charge on any atom is -0.275 e. The standard InChI is InChI=1S/C18H25N5OS/c1-12-20-17-15(16(25-12)13-10-19-22(2)11-13)18(24)21-23(17)14-8-6-4-3-5-7-9-14/h10-11,14,16H,3-9H2,1-2H3,(H,21,24)/t16-/m1/s1. The Kier molecular flexibility index (Phi) is 4.58. The van der Waals surface area contributed by atoms with Gasteiger partial charge in [-0.05, 0) is 19.8 Å². The molecule has 1 atom stereocenters. The van der Waals surface area contributed by atoms with Crippen LogP contribution in [-0.2, 0) is 7.05 Å². The van der Waals surface area contributed by atoms with E-state index in [0.717, 1.165) is 34.8 Å². The maximum absolute atomic E-state index is 12.8. The Morgan fingerprint density at radius 1 is 1.20 bits per heavy atom. The zero-order valence-corrected chi connectivity index (χ0v) is 15.7. The van der Waals surface area contributed by atoms with Gasteiger partial charge in [0.25, 0.3) is 5.56 Å². The third-order valence-corrected chi connectivity index (χ3v) is 6.39. The SMILES string of the molecule is CC1=Nc2c(c(=O)[nH]n2C2CCCCCCC2)[C@@H](c2cnn(C)c2)S1. The first-order valence-corrected chi connectivity index (χ1v) is 10.1. The van der Waals surface area contributed by atoms with Gasteiger partial charge in [-0.2, -0.15) is 5.10 Å². The maximum Gasteiger partial charge on any atom is 0.271 e. The van der Waals surface area contributed by atoms with E-state index >= 15 is 0 Å². The van der Waals surface area contributed by atoms with Gasteiger partial charge in [-0.1, -0.05) is 43.9 Å². The zero-order valence-electron chi connectivity index (χ0n) is 14.9. The van der Waals surface area contributed by atoms with Gasteiger partial charge in [-0.25, -0.2) is 4.99 Å². The van der Waals surface area contributed by atoms with Gasteiger partial charge in [0.2, 0.25) is 0 Å². The second-order valence-corrected chi connectivity index (χ2v) is 8.42. The van der Waals surface area contributed by atoms with Crippen LogP contribution in [0.25, 0.3) is 0 Å². The maximum atomic E-state index is 12.8. The van der Waals surface area contributed by atoms with Crippen molar-refractivity contribution in [2.45, 2.75) is 63.2 Å². The number of fused-ring (bicyclic) bond motifs is 1. The van der Waals surface area contributed by atoms with Crippen LogP contribution in [0.3, 0.4) is 0 Å². The van der Waals surface area contributed by atoms with E-state index in [0.29, 0.717) is 6.04 Å². The first-order chi connectivity index (χ1) is 12.1. The molecular formula is C18H25N5OS. The highest BCUT2D eigenvalue weighted by Crippen LogP contribution is 2.44. The Morgan fingerprint density at radius 2 is 1.92 bits per heavy atom. The van der Waals surface area contributed by atoms with E-state index in [1.165, 1.54) is 32.1 Å². The molecule has 134 valence electrons. The van der Waals surface area contributed by atoms with Crippen LogP contribution in [0.5, 0.6) is 0 Å². The summed E-state index contributed by atoms with van der Waals surface area (Å²) in [5.41, 5.74) is 1.84. The second kappa shape index (κ2) is 6.86. The molecule has 0 bridgehead atoms. The predicted molar refractivity (Wildman–Crippen MR) is 102 cm³/mol. The fourth-order valence-electron chi connectivity index (χ4n) is 3.98. The summed E-state index contributed by atoms with van der Waals surface area (Å²) in [5, 5.41) is 8.37. The van der Waals surface area contributed by atoms with Gasteiger partial charge in [-0.15, -0.1) is 0 Å². The van der Waals surface area contributed by atoms with E-state index in [1.54, 1.807) is 16.4 Å². The third kappa shape index (κ3) is 3.21. The van der Waals surface area contributed by atoms with E-state index in [1.807, 2.05) is 26.4 Å². The number of aryl methyl sites for hydroxylation is 1. The third-order valence-electron chi connectivity index (χ3n) is 5.22. The Bertz CT molecular complexity index is 838. The van der Waals surface area contributed by atoms with Gasteiger partial charge in [0.1, 0.15) is 0 Å². The van der Waals surface area contributed by atoms with Gasteiger partial charge in [0.15, 0.2) is 5.82 Å². The van der Waals surface area contributed by atoms with Crippen molar-refractivity contribution >= 4 is 22.6 Å². The van der Waals surface area contributed by atoms with E-state index in [2.05, 4.69) is 14.9 Å². The van der Waals surface area contributed by atoms with E-state index < -0.39 is 0 Å². The molecule has 0 radical (unpaired) electrons. The highest BCUT2D eigenvalue weighted by Gasteiger charge is 2.32. The van der Waals surface area contributed by atoms with Crippen molar-refractivity contribution in [2.75, 3.05) is 0 Å². The lowest BCUT2D eigenvalue weighted by Crippen LogP contribution is -2.15. The lowest BCUT2D eigenvalue weighted by molar-refractivity contribution is 0.349. The number of nitrogens with one attached hydrogen (secondary N) is 1. The van der Waals surface area contributed by atoms with Crippen molar-refractivity contribution in [3.05, 3.63) is 33.9 Å². The normalized spacial score (nSPS) is 22.2. The molecule has 1 N–H and O–H groups in total. The largest absolute Gasteiger partial charge is 0.275 e. The van der Waals surface area contributed by atoms with E-state index in [4.69, 9.17) is 4.99 Å². The summed E-state index contributed by atoms with van der Waals surface area (Å²) in [4.78, 5) is 17.6. The van der Waals surface area contributed by atoms with Crippen molar-refractivity contribution in [1.29, 1.82) is 0 Å². The molecule has 1 aliphatic heterocycles. The number of rotatable bonds is 2. The van der Waals surface area contributed by atoms with Crippen molar-refractivity contribution in [3.63, 3.8) is 0 Å². The number of hydrogen-bond acceptors (Lipinski definition) is 4. The van der Waals surface area contributed by atoms with Crippen molar-refractivity contribution in [3.8, 4) is 0 Å². The number of hydrogen-bond donors (Lipinski definition) is 1. The quantitative estimate of drug-likeness (QED) is 0.878. The average Bonchev–Trinajstić information content (AvgIpc) is 3.11. The Morgan fingerprint density at radius 3 is 2.60 bits per heavy atom. The highest BCUT2D eigenvalue weighted by molar-refractivity contribution is 8.14. The highest BCUT2D eigenvalue weighted by atomic mass is 32.2. The molecule has 0 amide bonds. The first kappa shape index (κ1) is 16.7. The Labute approximate surface area is 151 Å². The van der Waals surface area contributed by atoms with Gasteiger partial charge in [0, 0.05) is 18.8 Å². The predicted octanol–water partition coefficient (Wildman–Crippen LogP) is 4.08. The monoisotopic (exact) mass is 359 g/mol. The lowest BCUT2D eigenvalue weighted by Gasteiger charge is -2.24. The van der Waals surface area contributed by atoms with Crippen molar-refractivity contribution < 1.29 is 0 Å². The number of aromatic amines is 1. The number of aromatic nitrogens is 4. The zero-order chi connectivity index (χ0) is 17.4. The smallest absolute Gasteiger partial charge is 0.271 e. The molecule has 4 rings (SSSR count). The van der Waals surface area contributed by atoms with Crippen LogP contribution in [0, 0.1) is 0 Å². The Balaban J connectivity index is 1.76. The summed E-state index contributed by atoms with van der Waals surface area (Å²) in [5.74, 6) is 0.834. The fourth-order valence-corrected chi connectivity index (χ4v) is 5.04. The van der Waals surface area contributed by atoms with Gasteiger partial charge < -0.3 is 0 Å². The van der Waals surface area contributed by atoms with Gasteiger partial charge in [-0.3, -0.25) is 19.3 Å². The molecule has 1 fully saturated rings. The fraction of sp³-hybridized carbons (Fsp3) is 0.611. The molecule has 7 heteroatoms. The minimum atomic E-state index is -0.0280. The van der Waals surface area contributed by atoms with Crippen LogP contribution < -0.4 is 5.56 Å². The molecule has 0 spiro atoms. The van der Waals surface area contributed by atoms with E-state index in [-0.39, 0.29) is 10.8 Å². The molecule has 2 aliphatic rings. The number of nitrogens with zero attached hydrogens (tertiary/aromatic N) is 4. The number of H-pyrrole nitrogens is 1. The summed E-state index contributed by atoms with van der Waals surface area (Å²) >= 11 is 1.64. The van der Waals surface area contributed by atoms with Crippen LogP contribution in [0.2, 0.25) is 0 Å². The average molecular weight is 359 g/mol. The molecule has 6 nitrogen and oxygen atoms in total. The second-order valence-electron chi connectivity index (χ2n) is 7.12. The van der Waals surface area contributed by atoms with Crippen molar-refractivity contribution in [2.24, 2.45) is 12.0 Å². The minimum absolute atomic E-state index is 0.00494. The molecule has 3 heterocycles. The van der Waals surface area contributed by atoms with Crippen molar-refractivity contribution in [1.82, 2.24) is 19.6 Å². The van der Waals surface area contributed by atoms with Crippen LogP contribution in [0.1, 0.15) is 74.3 Å². The molecule has 0 saturated heterocycles. The molecule has 25 heavy (non-hydrogen) atoms. The molecule has 2 aromatic rings. The first-order valence-electron chi connectivity index (χ1n) is 9.18. The number of thioether (sulfide) groups is 1. The molecule has 1 saturated carbocycles. The summed E-state index contributed by atoms with van der Waals surface area (Å²) in [6.07, 6.45) is 12.5. The summed E-state index contributed by atoms with van der Waals surface area (Å²) in [7, 11) is 1.91. The van der Waals surface area contributed by atoms with Crippen LogP contribution in [0.15, 0.2) is 22.2 Å². The summed E-state index contributed by atoms with van der Waals surface area (Å²) in [6, 6.07) is 0.353. The van der Waals surface area contributed by atoms with Crippen LogP contribution >= 0.6 is 11.8 Å². The molecule has 1 aliphatic carbocycles. The lowest BCUT2D eigenvalue weighted by atomic mass is 9.97. The summed E-state index contributed by atoms with van der Waals surface area (Å²) in [6.45, 7) is 2.02. The number of aliphatic imine (C=N–C) groups is 1. The van der Waals surface area contributed by atoms with Crippen LogP contribution in [-0.4, -0.2) is 24.6 Å². The summed E-state index contributed by atoms with van der Waals surface area (Å²) < 4.78 is 3.85. The molecule has 0 aromatic carbocycles. The Hall–Kier alpha value is -1.76. The molecular weight excluding hydrogens is 334 g/mol. The van der Waals surface area contributed by atoms with E-state index in [9.17, 15) is 4.79 Å².